The van der Waals surface area contributed by atoms with Crippen LogP contribution >= 0.6 is 0 Å². The lowest BCUT2D eigenvalue weighted by molar-refractivity contribution is 0.259. The largest absolute Gasteiger partial charge is 0.382 e. The third-order valence-corrected chi connectivity index (χ3v) is 3.22. The number of nitrogens with one attached hydrogen (secondary N) is 2. The Morgan fingerprint density at radius 2 is 2.06 bits per heavy atom. The van der Waals surface area contributed by atoms with Crippen LogP contribution in [0.15, 0.2) is 24.3 Å². The van der Waals surface area contributed by atoms with E-state index >= 15 is 0 Å². The molecule has 0 bridgehead atoms. The van der Waals surface area contributed by atoms with Crippen LogP contribution in [-0.4, -0.2) is 18.1 Å². The third-order valence-electron chi connectivity index (χ3n) is 3.22. The predicted octanol–water partition coefficient (Wildman–Crippen LogP) is 1.86. The highest BCUT2D eigenvalue weighted by Gasteiger charge is 2.18. The molecule has 18 heavy (non-hydrogen) atoms. The van der Waals surface area contributed by atoms with E-state index < -0.39 is 6.03 Å². The molecule has 1 aromatic rings. The summed E-state index contributed by atoms with van der Waals surface area (Å²) < 4.78 is 0. The van der Waals surface area contributed by atoms with Gasteiger partial charge in [-0.1, -0.05) is 6.07 Å². The van der Waals surface area contributed by atoms with Crippen LogP contribution in [0.3, 0.4) is 0 Å². The van der Waals surface area contributed by atoms with Gasteiger partial charge in [-0.3, -0.25) is 0 Å². The molecule has 2 unspecified atom stereocenters. The standard InChI is InChI=1S/C13H20N4O/c14-9-3-1-4-10(7-9)16-11-5-2-6-12(8-11)17-13(15)18/h2,5-6,8-10,16H,1,3-4,7,14H2,(H3,15,17,18). The van der Waals surface area contributed by atoms with Crippen LogP contribution in [0, 0.1) is 0 Å². The average molecular weight is 248 g/mol. The van der Waals surface area contributed by atoms with Crippen LogP contribution in [0.2, 0.25) is 0 Å². The van der Waals surface area contributed by atoms with Crippen molar-refractivity contribution in [2.45, 2.75) is 37.8 Å². The van der Waals surface area contributed by atoms with Crippen molar-refractivity contribution in [2.75, 3.05) is 10.6 Å². The van der Waals surface area contributed by atoms with Crippen molar-refractivity contribution in [3.8, 4) is 0 Å². The molecule has 2 rings (SSSR count). The monoisotopic (exact) mass is 248 g/mol. The van der Waals surface area contributed by atoms with Gasteiger partial charge >= 0.3 is 6.03 Å². The Labute approximate surface area is 107 Å². The van der Waals surface area contributed by atoms with E-state index in [2.05, 4.69) is 10.6 Å². The summed E-state index contributed by atoms with van der Waals surface area (Å²) in [7, 11) is 0. The molecule has 0 aliphatic heterocycles. The first-order valence-corrected chi connectivity index (χ1v) is 6.32. The van der Waals surface area contributed by atoms with Crippen LogP contribution in [0.5, 0.6) is 0 Å². The molecule has 1 fully saturated rings. The first-order valence-electron chi connectivity index (χ1n) is 6.32. The normalized spacial score (nSPS) is 23.4. The molecule has 0 saturated heterocycles. The van der Waals surface area contributed by atoms with Crippen molar-refractivity contribution in [1.29, 1.82) is 0 Å². The molecular weight excluding hydrogens is 228 g/mol. The van der Waals surface area contributed by atoms with Crippen molar-refractivity contribution >= 4 is 17.4 Å². The third kappa shape index (κ3) is 3.63. The second kappa shape index (κ2) is 5.73. The van der Waals surface area contributed by atoms with Crippen LogP contribution in [-0.2, 0) is 0 Å². The number of carbonyl (C=O) groups excluding carboxylic acids is 1. The van der Waals surface area contributed by atoms with E-state index in [4.69, 9.17) is 11.5 Å². The summed E-state index contributed by atoms with van der Waals surface area (Å²) in [5.41, 5.74) is 12.7. The molecule has 5 nitrogen and oxygen atoms in total. The zero-order valence-electron chi connectivity index (χ0n) is 10.4. The lowest BCUT2D eigenvalue weighted by atomic mass is 9.91. The summed E-state index contributed by atoms with van der Waals surface area (Å²) in [6, 6.07) is 7.71. The van der Waals surface area contributed by atoms with Gasteiger partial charge in [0.2, 0.25) is 0 Å². The first-order chi connectivity index (χ1) is 8.63. The molecule has 1 aliphatic carbocycles. The minimum Gasteiger partial charge on any atom is -0.382 e. The lowest BCUT2D eigenvalue weighted by Crippen LogP contribution is -2.34. The zero-order chi connectivity index (χ0) is 13.0. The van der Waals surface area contributed by atoms with Crippen molar-refractivity contribution in [2.24, 2.45) is 11.5 Å². The highest BCUT2D eigenvalue weighted by molar-refractivity contribution is 5.88. The number of carbonyl (C=O) groups is 1. The number of rotatable bonds is 3. The van der Waals surface area contributed by atoms with Crippen LogP contribution < -0.4 is 22.1 Å². The molecule has 0 heterocycles. The summed E-state index contributed by atoms with van der Waals surface area (Å²) >= 11 is 0. The number of hydrogen-bond acceptors (Lipinski definition) is 3. The Hall–Kier alpha value is -1.75. The molecule has 1 aromatic carbocycles. The number of anilines is 2. The van der Waals surface area contributed by atoms with Gasteiger partial charge in [0.05, 0.1) is 0 Å². The molecule has 98 valence electrons. The maximum Gasteiger partial charge on any atom is 0.316 e. The topological polar surface area (TPSA) is 93.2 Å². The quantitative estimate of drug-likeness (QED) is 0.657. The van der Waals surface area contributed by atoms with Gasteiger partial charge in [-0.2, -0.15) is 0 Å². The minimum absolute atomic E-state index is 0.295. The summed E-state index contributed by atoms with van der Waals surface area (Å²) in [4.78, 5) is 10.8. The van der Waals surface area contributed by atoms with E-state index in [0.717, 1.165) is 31.4 Å². The van der Waals surface area contributed by atoms with Gasteiger partial charge in [-0.15, -0.1) is 0 Å². The fraction of sp³-hybridized carbons (Fsp3) is 0.462. The van der Waals surface area contributed by atoms with Gasteiger partial charge in [0.1, 0.15) is 0 Å². The fourth-order valence-corrected chi connectivity index (χ4v) is 2.42. The number of amides is 2. The van der Waals surface area contributed by atoms with E-state index in [9.17, 15) is 4.79 Å². The number of benzene rings is 1. The predicted molar refractivity (Wildman–Crippen MR) is 73.5 cm³/mol. The molecule has 0 radical (unpaired) electrons. The molecule has 5 heteroatoms. The Bertz CT molecular complexity index is 421. The molecule has 2 amide bonds. The number of urea groups is 1. The highest BCUT2D eigenvalue weighted by atomic mass is 16.2. The van der Waals surface area contributed by atoms with Crippen LogP contribution in [0.25, 0.3) is 0 Å². The summed E-state index contributed by atoms with van der Waals surface area (Å²) in [6.07, 6.45) is 4.41. The van der Waals surface area contributed by atoms with Gasteiger partial charge in [0, 0.05) is 23.5 Å². The second-order valence-electron chi connectivity index (χ2n) is 4.84. The smallest absolute Gasteiger partial charge is 0.316 e. The molecule has 0 spiro atoms. The van der Waals surface area contributed by atoms with Gasteiger partial charge in [0.15, 0.2) is 0 Å². The second-order valence-corrected chi connectivity index (χ2v) is 4.84. The minimum atomic E-state index is -0.549. The Kier molecular flexibility index (Phi) is 4.04. The lowest BCUT2D eigenvalue weighted by Gasteiger charge is -2.28. The molecular formula is C13H20N4O. The summed E-state index contributed by atoms with van der Waals surface area (Å²) in [5, 5.41) is 6.02. The Morgan fingerprint density at radius 3 is 2.78 bits per heavy atom. The van der Waals surface area contributed by atoms with Crippen LogP contribution in [0.4, 0.5) is 16.2 Å². The van der Waals surface area contributed by atoms with E-state index in [-0.39, 0.29) is 0 Å². The van der Waals surface area contributed by atoms with E-state index in [1.807, 2.05) is 24.3 Å². The van der Waals surface area contributed by atoms with Gasteiger partial charge in [-0.25, -0.2) is 4.79 Å². The number of primary amides is 1. The fourth-order valence-electron chi connectivity index (χ4n) is 2.42. The van der Waals surface area contributed by atoms with Gasteiger partial charge in [-0.05, 0) is 43.9 Å². The molecule has 1 saturated carbocycles. The zero-order valence-corrected chi connectivity index (χ0v) is 10.4. The maximum atomic E-state index is 10.8. The Morgan fingerprint density at radius 1 is 1.28 bits per heavy atom. The van der Waals surface area contributed by atoms with Crippen molar-refractivity contribution in [3.05, 3.63) is 24.3 Å². The summed E-state index contributed by atoms with van der Waals surface area (Å²) in [5.74, 6) is 0. The van der Waals surface area contributed by atoms with Crippen molar-refractivity contribution < 1.29 is 4.79 Å². The van der Waals surface area contributed by atoms with Crippen molar-refractivity contribution in [3.63, 3.8) is 0 Å². The van der Waals surface area contributed by atoms with E-state index in [1.54, 1.807) is 0 Å². The number of hydrogen-bond donors (Lipinski definition) is 4. The molecule has 1 aliphatic rings. The number of nitrogens with two attached hydrogens (primary N) is 2. The van der Waals surface area contributed by atoms with E-state index in [0.29, 0.717) is 17.8 Å². The first kappa shape index (κ1) is 12.7. The SMILES string of the molecule is NC(=O)Nc1cccc(NC2CCCC(N)C2)c1. The average Bonchev–Trinajstić information content (AvgIpc) is 2.28. The summed E-state index contributed by atoms with van der Waals surface area (Å²) in [6.45, 7) is 0. The van der Waals surface area contributed by atoms with Gasteiger partial charge in [0.25, 0.3) is 0 Å². The Balaban J connectivity index is 1.98. The molecule has 2 atom stereocenters. The molecule has 6 N–H and O–H groups in total. The highest BCUT2D eigenvalue weighted by Crippen LogP contribution is 2.22. The van der Waals surface area contributed by atoms with Crippen molar-refractivity contribution in [1.82, 2.24) is 0 Å². The van der Waals surface area contributed by atoms with Crippen LogP contribution in [0.1, 0.15) is 25.7 Å². The van der Waals surface area contributed by atoms with E-state index in [1.165, 1.54) is 0 Å². The maximum absolute atomic E-state index is 10.8. The molecule has 0 aromatic heterocycles. The van der Waals surface area contributed by atoms with Gasteiger partial charge < -0.3 is 22.1 Å².